The largest absolute Gasteiger partial charge is 0.490 e. The van der Waals surface area contributed by atoms with E-state index >= 15 is 4.39 Å². The van der Waals surface area contributed by atoms with Crippen molar-refractivity contribution in [3.05, 3.63) is 63.6 Å². The Balaban J connectivity index is 1.71. The van der Waals surface area contributed by atoms with Crippen molar-refractivity contribution >= 4 is 23.4 Å². The number of amides is 2. The monoisotopic (exact) mass is 627 g/mol. The number of rotatable bonds is 12. The van der Waals surface area contributed by atoms with Crippen molar-refractivity contribution in [3.8, 4) is 11.4 Å². The summed E-state index contributed by atoms with van der Waals surface area (Å²) in [5.41, 5.74) is 0.510. The van der Waals surface area contributed by atoms with Crippen LogP contribution in [-0.4, -0.2) is 50.5 Å². The summed E-state index contributed by atoms with van der Waals surface area (Å²) in [5, 5.41) is 18.4. The lowest BCUT2D eigenvalue weighted by Gasteiger charge is -2.29. The van der Waals surface area contributed by atoms with Gasteiger partial charge < -0.3 is 24.6 Å². The number of benzene rings is 2. The van der Waals surface area contributed by atoms with Crippen molar-refractivity contribution in [2.45, 2.75) is 85.2 Å². The van der Waals surface area contributed by atoms with Crippen LogP contribution in [0.15, 0.2) is 35.1 Å². The Morgan fingerprint density at radius 2 is 1.82 bits per heavy atom. The van der Waals surface area contributed by atoms with E-state index in [1.54, 1.807) is 32.9 Å². The third kappa shape index (κ3) is 8.08. The van der Waals surface area contributed by atoms with Crippen molar-refractivity contribution in [2.24, 2.45) is 13.0 Å². The van der Waals surface area contributed by atoms with Gasteiger partial charge >= 0.3 is 11.8 Å². The van der Waals surface area contributed by atoms with Gasteiger partial charge in [-0.2, -0.15) is 4.68 Å². The van der Waals surface area contributed by atoms with Crippen molar-refractivity contribution < 1.29 is 33.3 Å². The number of carbonyl (C=O) groups is 2. The molecule has 2 aromatic carbocycles. The fourth-order valence-corrected chi connectivity index (χ4v) is 5.66. The molecule has 0 saturated heterocycles. The molecule has 244 valence electrons. The van der Waals surface area contributed by atoms with Gasteiger partial charge in [-0.05, 0) is 83.2 Å². The molecule has 45 heavy (non-hydrogen) atoms. The Hall–Kier alpha value is -4.23. The van der Waals surface area contributed by atoms with Crippen molar-refractivity contribution in [1.29, 1.82) is 0 Å². The summed E-state index contributed by atoms with van der Waals surface area (Å²) >= 11 is 0. The molecule has 1 aliphatic rings. The van der Waals surface area contributed by atoms with Gasteiger partial charge in [-0.25, -0.2) is 14.0 Å². The van der Waals surface area contributed by atoms with Gasteiger partial charge in [-0.1, -0.05) is 19.3 Å². The summed E-state index contributed by atoms with van der Waals surface area (Å²) in [6.07, 6.45) is 2.62. The first-order valence-corrected chi connectivity index (χ1v) is 15.2. The number of carboxylic acid groups (broad SMARTS) is 1. The van der Waals surface area contributed by atoms with Crippen LogP contribution in [0.3, 0.4) is 0 Å². The molecule has 12 nitrogen and oxygen atoms in total. The molecule has 4 rings (SSSR count). The summed E-state index contributed by atoms with van der Waals surface area (Å²) in [4.78, 5) is 37.9. The van der Waals surface area contributed by atoms with E-state index in [4.69, 9.17) is 19.3 Å². The van der Waals surface area contributed by atoms with E-state index in [0.717, 1.165) is 42.9 Å². The lowest BCUT2D eigenvalue weighted by molar-refractivity contribution is -0.156. The molecular formula is C32H42FN5O7. The topological polar surface area (TPSA) is 146 Å². The molecule has 1 saturated carbocycles. The van der Waals surface area contributed by atoms with E-state index in [-0.39, 0.29) is 34.8 Å². The first kappa shape index (κ1) is 33.7. The minimum absolute atomic E-state index is 0.0579. The number of aromatic nitrogens is 3. The second-order valence-corrected chi connectivity index (χ2v) is 11.3. The zero-order chi connectivity index (χ0) is 32.8. The first-order chi connectivity index (χ1) is 21.4. The van der Waals surface area contributed by atoms with Gasteiger partial charge in [-0.15, -0.1) is 5.10 Å². The summed E-state index contributed by atoms with van der Waals surface area (Å²) in [7, 11) is 1.52. The maximum Gasteiger partial charge on any atom is 0.409 e. The first-order valence-electron chi connectivity index (χ1n) is 15.2. The van der Waals surface area contributed by atoms with Crippen LogP contribution >= 0.6 is 0 Å². The van der Waals surface area contributed by atoms with Crippen molar-refractivity contribution in [1.82, 2.24) is 14.3 Å². The Bertz CT molecular complexity index is 1580. The summed E-state index contributed by atoms with van der Waals surface area (Å²) in [5.74, 6) is -0.846. The minimum Gasteiger partial charge on any atom is -0.490 e. The van der Waals surface area contributed by atoms with Crippen LogP contribution in [0.1, 0.15) is 87.6 Å². The van der Waals surface area contributed by atoms with Gasteiger partial charge in [-0.3, -0.25) is 14.7 Å². The van der Waals surface area contributed by atoms with E-state index in [2.05, 4.69) is 15.7 Å². The number of nitrogens with zero attached hydrogens (tertiary/aromatic N) is 3. The Morgan fingerprint density at radius 1 is 1.11 bits per heavy atom. The quantitative estimate of drug-likeness (QED) is 0.202. The smallest absolute Gasteiger partial charge is 0.409 e. The number of halogens is 1. The Morgan fingerprint density at radius 3 is 2.47 bits per heavy atom. The maximum atomic E-state index is 15.8. The molecule has 0 spiro atoms. The van der Waals surface area contributed by atoms with Gasteiger partial charge in [0.25, 0.3) is 5.91 Å². The molecule has 0 radical (unpaired) electrons. The molecule has 3 atom stereocenters. The molecule has 13 heteroatoms. The van der Waals surface area contributed by atoms with Gasteiger partial charge in [0.2, 0.25) is 0 Å². The van der Waals surface area contributed by atoms with Crippen molar-refractivity contribution in [2.75, 3.05) is 17.2 Å². The summed E-state index contributed by atoms with van der Waals surface area (Å²) in [6, 6.07) is 7.01. The highest BCUT2D eigenvalue weighted by molar-refractivity contribution is 6.07. The zero-order valence-corrected chi connectivity index (χ0v) is 26.6. The third-order valence-electron chi connectivity index (χ3n) is 8.05. The van der Waals surface area contributed by atoms with E-state index < -0.39 is 35.9 Å². The molecule has 1 aromatic heterocycles. The lowest BCUT2D eigenvalue weighted by Crippen LogP contribution is -2.28. The Labute approximate surface area is 261 Å². The minimum atomic E-state index is -1.21. The lowest BCUT2D eigenvalue weighted by atomic mass is 9.86. The molecule has 1 heterocycles. The van der Waals surface area contributed by atoms with E-state index in [9.17, 15) is 14.4 Å². The number of aryl methyl sites for hydroxylation is 1. The highest BCUT2D eigenvalue weighted by atomic mass is 19.1. The number of ether oxygens (including phenoxy) is 3. The van der Waals surface area contributed by atoms with E-state index in [1.165, 1.54) is 23.7 Å². The SMILES string of the molecule is CCOC(C)OC(C)c1nn(-c2cc(OC(C)C3CCCCC3)c(C(=O)Nc3ccc(NC(=O)O)cc3C)cc2F)c(=O)n1C. The van der Waals surface area contributed by atoms with Crippen LogP contribution in [-0.2, 0) is 16.5 Å². The number of carbonyl (C=O) groups excluding carboxylic acids is 1. The predicted molar refractivity (Wildman–Crippen MR) is 167 cm³/mol. The molecule has 2 amide bonds. The van der Waals surface area contributed by atoms with Crippen LogP contribution in [0.4, 0.5) is 20.6 Å². The fraction of sp³-hybridized carbons (Fsp3) is 0.500. The van der Waals surface area contributed by atoms with E-state index in [0.29, 0.717) is 23.5 Å². The highest BCUT2D eigenvalue weighted by Gasteiger charge is 2.27. The number of hydrogen-bond acceptors (Lipinski definition) is 7. The zero-order valence-electron chi connectivity index (χ0n) is 26.6. The molecule has 3 N–H and O–H groups in total. The second-order valence-electron chi connectivity index (χ2n) is 11.3. The normalized spacial score (nSPS) is 15.7. The summed E-state index contributed by atoms with van der Waals surface area (Å²) < 4.78 is 35.7. The average Bonchev–Trinajstić information content (AvgIpc) is 3.29. The summed E-state index contributed by atoms with van der Waals surface area (Å²) in [6.45, 7) is 9.38. The molecule has 3 unspecified atom stereocenters. The molecule has 1 aliphatic carbocycles. The molecule has 1 fully saturated rings. The van der Waals surface area contributed by atoms with Crippen molar-refractivity contribution in [3.63, 3.8) is 0 Å². The molecule has 3 aromatic rings. The standard InChI is InChI=1S/C32H42FN5O7/c1-7-43-21(5)44-20(4)29-36-38(32(42)37(29)6)27-17-28(45-19(3)22-11-9-8-10-12-22)24(16-25(27)33)30(39)35-26-14-13-23(15-18(26)2)34-31(40)41/h13-17,19-22,34H,7-12H2,1-6H3,(H,35,39)(H,40,41). The maximum absolute atomic E-state index is 15.8. The van der Waals surface area contributed by atoms with Gasteiger partial charge in [0.15, 0.2) is 12.1 Å². The predicted octanol–water partition coefficient (Wildman–Crippen LogP) is 6.17. The van der Waals surface area contributed by atoms with Crippen LogP contribution in [0.5, 0.6) is 5.75 Å². The van der Waals surface area contributed by atoms with E-state index in [1.807, 2.05) is 13.8 Å². The molecule has 0 bridgehead atoms. The highest BCUT2D eigenvalue weighted by Crippen LogP contribution is 2.33. The third-order valence-corrected chi connectivity index (χ3v) is 8.05. The van der Waals surface area contributed by atoms with Crippen LogP contribution < -0.4 is 21.1 Å². The molecular weight excluding hydrogens is 585 g/mol. The van der Waals surface area contributed by atoms with Crippen LogP contribution in [0, 0.1) is 18.7 Å². The number of anilines is 2. The Kier molecular flexibility index (Phi) is 11.0. The van der Waals surface area contributed by atoms with Crippen LogP contribution in [0.2, 0.25) is 0 Å². The molecule has 0 aliphatic heterocycles. The van der Waals surface area contributed by atoms with Gasteiger partial charge in [0, 0.05) is 31.1 Å². The number of hydrogen-bond donors (Lipinski definition) is 3. The van der Waals surface area contributed by atoms with Gasteiger partial charge in [0.1, 0.15) is 23.4 Å². The average molecular weight is 628 g/mol. The van der Waals surface area contributed by atoms with Crippen LogP contribution in [0.25, 0.3) is 5.69 Å². The number of nitrogens with one attached hydrogen (secondary N) is 2. The van der Waals surface area contributed by atoms with Gasteiger partial charge in [0.05, 0.1) is 11.7 Å². The fourth-order valence-electron chi connectivity index (χ4n) is 5.66. The second kappa shape index (κ2) is 14.7.